The van der Waals surface area contributed by atoms with Crippen molar-refractivity contribution < 1.29 is 42.6 Å². The van der Waals surface area contributed by atoms with Gasteiger partial charge in [0.25, 0.3) is 5.91 Å². The van der Waals surface area contributed by atoms with E-state index in [2.05, 4.69) is 15.1 Å². The van der Waals surface area contributed by atoms with Crippen molar-refractivity contribution in [3.05, 3.63) is 63.6 Å². The number of esters is 1. The second-order valence-electron chi connectivity index (χ2n) is 17.7. The first kappa shape index (κ1) is 45.1. The number of fused-ring (bicyclic) bond motifs is 2. The lowest BCUT2D eigenvalue weighted by atomic mass is 9.99. The zero-order valence-electron chi connectivity index (χ0n) is 37.2. The van der Waals surface area contributed by atoms with Crippen molar-refractivity contribution in [2.45, 2.75) is 76.5 Å². The summed E-state index contributed by atoms with van der Waals surface area (Å²) in [6.07, 6.45) is 1.99. The molecule has 6 heterocycles. The number of nitrogens with one attached hydrogen (secondary N) is 1. The van der Waals surface area contributed by atoms with Gasteiger partial charge in [0.05, 0.1) is 25.2 Å². The molecule has 3 aromatic rings. The molecule has 5 aliphatic rings. The van der Waals surface area contributed by atoms with Gasteiger partial charge in [-0.2, -0.15) is 0 Å². The van der Waals surface area contributed by atoms with Crippen LogP contribution in [0.15, 0.2) is 45.6 Å². The summed E-state index contributed by atoms with van der Waals surface area (Å²) >= 11 is 0. The number of para-hydroxylation sites is 1. The number of nitrogens with zero attached hydrogens (tertiary/aromatic N) is 7. The summed E-state index contributed by atoms with van der Waals surface area (Å²) in [5, 5.41) is 3.04. The maximum Gasteiger partial charge on any atom is 0.419 e. The number of amides is 5. The van der Waals surface area contributed by atoms with Gasteiger partial charge >= 0.3 is 23.8 Å². The van der Waals surface area contributed by atoms with Crippen LogP contribution in [0.2, 0.25) is 0 Å². The molecule has 18 nitrogen and oxygen atoms in total. The van der Waals surface area contributed by atoms with Crippen LogP contribution in [-0.4, -0.2) is 180 Å². The van der Waals surface area contributed by atoms with Crippen molar-refractivity contribution in [2.75, 3.05) is 104 Å². The number of oxazole rings is 1. The highest BCUT2D eigenvalue weighted by molar-refractivity contribution is 5.91. The van der Waals surface area contributed by atoms with Crippen LogP contribution in [0.5, 0.6) is 0 Å². The van der Waals surface area contributed by atoms with Crippen molar-refractivity contribution in [3.8, 4) is 0 Å². The SMILES string of the molecule is Cc1cc(C[C@@H](OC(=O)N2CCC(N3CCc4ccccc4NC3=O)CC2)C(=O)N2CCC(N3CCN(C(=O)CCC(=O)OCCN4CCOCC4)CC3)CC2)cc2oc(=O)n(C)c12. The molecule has 5 amide bonds. The summed E-state index contributed by atoms with van der Waals surface area (Å²) < 4.78 is 23.8. The number of carbonyl (C=O) groups is 5. The highest BCUT2D eigenvalue weighted by atomic mass is 16.6. The Morgan fingerprint density at radius 3 is 2.27 bits per heavy atom. The number of aryl methyl sites for hydroxylation is 2. The van der Waals surface area contributed by atoms with Gasteiger partial charge in [-0.15, -0.1) is 0 Å². The maximum atomic E-state index is 14.4. The van der Waals surface area contributed by atoms with Gasteiger partial charge in [0, 0.05) is 116 Å². The van der Waals surface area contributed by atoms with Gasteiger partial charge in [-0.3, -0.25) is 28.8 Å². The first-order valence-corrected chi connectivity index (χ1v) is 23.0. The number of piperazine rings is 1. The third-order valence-electron chi connectivity index (χ3n) is 13.7. The van der Waals surface area contributed by atoms with Gasteiger partial charge in [0.15, 0.2) is 11.7 Å². The van der Waals surface area contributed by atoms with Gasteiger partial charge in [0.2, 0.25) is 5.91 Å². The Hall–Kier alpha value is -5.46. The number of piperidine rings is 2. The molecule has 0 aliphatic carbocycles. The molecule has 0 bridgehead atoms. The normalized spacial score (nSPS) is 20.1. The van der Waals surface area contributed by atoms with E-state index >= 15 is 0 Å². The van der Waals surface area contributed by atoms with E-state index in [9.17, 15) is 28.8 Å². The van der Waals surface area contributed by atoms with Crippen LogP contribution in [-0.2, 0) is 48.5 Å². The van der Waals surface area contributed by atoms with E-state index in [0.717, 1.165) is 49.2 Å². The third-order valence-corrected chi connectivity index (χ3v) is 13.7. The second kappa shape index (κ2) is 20.6. The standard InChI is InChI=1S/C46H62N8O10/c1-32-29-33(30-38-42(32)48(2)45(59)63-38)31-39(64-46(60)53-16-12-36(13-17-53)54-18-9-34-5-3-4-6-37(34)47-44(54)58)43(57)52-14-10-35(11-15-52)50-19-21-51(22-20-50)40(55)7-8-41(56)62-28-25-49-23-26-61-27-24-49/h3-6,29-30,35-36,39H,7-28,31H2,1-2H3,(H,47,58)/t39-/m1/s1. The lowest BCUT2D eigenvalue weighted by Gasteiger charge is -2.43. The van der Waals surface area contributed by atoms with E-state index in [1.807, 2.05) is 47.1 Å². The summed E-state index contributed by atoms with van der Waals surface area (Å²) in [6, 6.07) is 11.5. The second-order valence-corrected chi connectivity index (χ2v) is 17.7. The summed E-state index contributed by atoms with van der Waals surface area (Å²) in [6.45, 7) is 10.8. The number of benzene rings is 2. The van der Waals surface area contributed by atoms with E-state index in [-0.39, 0.29) is 55.2 Å². The number of ether oxygens (including phenoxy) is 3. The number of anilines is 1. The van der Waals surface area contributed by atoms with Crippen LogP contribution >= 0.6 is 0 Å². The molecule has 0 radical (unpaired) electrons. The monoisotopic (exact) mass is 886 g/mol. The zero-order chi connectivity index (χ0) is 44.7. The lowest BCUT2D eigenvalue weighted by Crippen LogP contribution is -2.56. The Kier molecular flexibility index (Phi) is 14.5. The smallest absolute Gasteiger partial charge is 0.419 e. The molecule has 2 aromatic carbocycles. The minimum absolute atomic E-state index is 0.0393. The molecule has 1 aromatic heterocycles. The fourth-order valence-corrected chi connectivity index (χ4v) is 9.93. The molecule has 4 saturated heterocycles. The predicted molar refractivity (Wildman–Crippen MR) is 236 cm³/mol. The number of carbonyl (C=O) groups excluding carboxylic acids is 5. The Morgan fingerprint density at radius 2 is 1.52 bits per heavy atom. The molecule has 4 fully saturated rings. The number of aromatic nitrogens is 1. The van der Waals surface area contributed by atoms with Crippen LogP contribution in [0.1, 0.15) is 55.2 Å². The third kappa shape index (κ3) is 10.7. The van der Waals surface area contributed by atoms with Crippen LogP contribution in [0.3, 0.4) is 0 Å². The van der Waals surface area contributed by atoms with Gasteiger partial charge < -0.3 is 43.5 Å². The van der Waals surface area contributed by atoms with Gasteiger partial charge in [-0.1, -0.05) is 24.3 Å². The minimum Gasteiger partial charge on any atom is -0.464 e. The molecule has 18 heteroatoms. The van der Waals surface area contributed by atoms with Crippen LogP contribution in [0, 0.1) is 6.92 Å². The molecule has 0 saturated carbocycles. The molecular formula is C46H62N8O10. The molecule has 346 valence electrons. The molecule has 5 aliphatic heterocycles. The largest absolute Gasteiger partial charge is 0.464 e. The average Bonchev–Trinajstić information content (AvgIpc) is 3.49. The first-order chi connectivity index (χ1) is 31.0. The van der Waals surface area contributed by atoms with E-state index in [1.54, 1.807) is 22.9 Å². The number of hydrogen-bond acceptors (Lipinski definition) is 12. The van der Waals surface area contributed by atoms with Crippen LogP contribution in [0.4, 0.5) is 15.3 Å². The Labute approximate surface area is 373 Å². The highest BCUT2D eigenvalue weighted by Crippen LogP contribution is 2.27. The predicted octanol–water partition coefficient (Wildman–Crippen LogP) is 2.83. The minimum atomic E-state index is -1.11. The number of likely N-dealkylation sites (tertiary alicyclic amines) is 2. The summed E-state index contributed by atoms with van der Waals surface area (Å²) in [7, 11) is 1.65. The van der Waals surface area contributed by atoms with Crippen molar-refractivity contribution in [1.82, 2.24) is 34.0 Å². The Bertz CT molecular complexity index is 2210. The molecule has 1 N–H and O–H groups in total. The summed E-state index contributed by atoms with van der Waals surface area (Å²) in [5.41, 5.74) is 4.51. The molecule has 0 unspecified atom stereocenters. The number of rotatable bonds is 12. The summed E-state index contributed by atoms with van der Waals surface area (Å²) in [4.78, 5) is 90.9. The van der Waals surface area contributed by atoms with E-state index in [4.69, 9.17) is 18.6 Å². The van der Waals surface area contributed by atoms with Crippen LogP contribution in [0.25, 0.3) is 11.1 Å². The Morgan fingerprint density at radius 1 is 0.812 bits per heavy atom. The number of urea groups is 1. The maximum absolute atomic E-state index is 14.4. The Balaban J connectivity index is 0.831. The fraction of sp³-hybridized carbons (Fsp3) is 0.609. The zero-order valence-corrected chi connectivity index (χ0v) is 37.2. The van der Waals surface area contributed by atoms with E-state index in [0.29, 0.717) is 115 Å². The van der Waals surface area contributed by atoms with E-state index in [1.165, 1.54) is 4.57 Å². The highest BCUT2D eigenvalue weighted by Gasteiger charge is 2.37. The number of hydrogen-bond donors (Lipinski definition) is 1. The van der Waals surface area contributed by atoms with Crippen molar-refractivity contribution in [2.24, 2.45) is 7.05 Å². The molecule has 8 rings (SSSR count). The fourth-order valence-electron chi connectivity index (χ4n) is 9.93. The van der Waals surface area contributed by atoms with Gasteiger partial charge in [0.1, 0.15) is 6.61 Å². The van der Waals surface area contributed by atoms with Crippen molar-refractivity contribution in [3.63, 3.8) is 0 Å². The van der Waals surface area contributed by atoms with E-state index < -0.39 is 18.0 Å². The molecular weight excluding hydrogens is 825 g/mol. The van der Waals surface area contributed by atoms with Crippen molar-refractivity contribution >= 4 is 46.7 Å². The molecule has 0 spiro atoms. The number of morpholine rings is 1. The molecule has 1 atom stereocenters. The van der Waals surface area contributed by atoms with Crippen molar-refractivity contribution in [1.29, 1.82) is 0 Å². The average molecular weight is 887 g/mol. The van der Waals surface area contributed by atoms with Crippen LogP contribution < -0.4 is 11.1 Å². The molecule has 64 heavy (non-hydrogen) atoms. The van der Waals surface area contributed by atoms with Gasteiger partial charge in [-0.25, -0.2) is 14.4 Å². The lowest BCUT2D eigenvalue weighted by molar-refractivity contribution is -0.147. The quantitative estimate of drug-likeness (QED) is 0.264. The van der Waals surface area contributed by atoms with Gasteiger partial charge in [-0.05, 0) is 67.9 Å². The first-order valence-electron chi connectivity index (χ1n) is 23.0. The topological polar surface area (TPSA) is 180 Å². The summed E-state index contributed by atoms with van der Waals surface area (Å²) in [5.74, 6) is -1.16.